The minimum Gasteiger partial charge on any atom is -0.348 e. The summed E-state index contributed by atoms with van der Waals surface area (Å²) in [6, 6.07) is 3.71. The lowest BCUT2D eigenvalue weighted by Crippen LogP contribution is -2.27. The molecule has 0 radical (unpaired) electrons. The number of hydrogen-bond acceptors (Lipinski definition) is 2. The summed E-state index contributed by atoms with van der Waals surface area (Å²) in [5, 5.41) is 0. The fraction of sp³-hybridized carbons (Fsp3) is 0.538. The van der Waals surface area contributed by atoms with E-state index in [4.69, 9.17) is 9.47 Å². The molecule has 1 aliphatic heterocycles. The summed E-state index contributed by atoms with van der Waals surface area (Å²) >= 11 is 0. The van der Waals surface area contributed by atoms with E-state index in [0.717, 1.165) is 25.0 Å². The van der Waals surface area contributed by atoms with Crippen molar-refractivity contribution in [2.45, 2.75) is 26.1 Å². The lowest BCUT2D eigenvalue weighted by molar-refractivity contribution is -0.206. The van der Waals surface area contributed by atoms with Crippen molar-refractivity contribution in [3.63, 3.8) is 0 Å². The van der Waals surface area contributed by atoms with Crippen LogP contribution in [0.2, 0.25) is 0 Å². The van der Waals surface area contributed by atoms with Crippen molar-refractivity contribution in [2.75, 3.05) is 13.2 Å². The van der Waals surface area contributed by atoms with Crippen LogP contribution >= 0.6 is 0 Å². The molecule has 0 N–H and O–H groups in total. The molecule has 1 aliphatic rings. The molecule has 4 heteroatoms. The Morgan fingerprint density at radius 3 is 2.47 bits per heavy atom. The molecule has 94 valence electrons. The molecule has 1 aromatic carbocycles. The summed E-state index contributed by atoms with van der Waals surface area (Å²) < 4.78 is 36.8. The fourth-order valence-electron chi connectivity index (χ4n) is 1.97. The molecule has 2 nitrogen and oxygen atoms in total. The number of ether oxygens (including phenoxy) is 2. The molecule has 1 saturated heterocycles. The highest BCUT2D eigenvalue weighted by molar-refractivity contribution is 5.19. The predicted molar refractivity (Wildman–Crippen MR) is 59.4 cm³/mol. The highest BCUT2D eigenvalue weighted by atomic mass is 19.2. The van der Waals surface area contributed by atoms with Gasteiger partial charge >= 0.3 is 0 Å². The van der Waals surface area contributed by atoms with E-state index in [1.54, 1.807) is 0 Å². The van der Waals surface area contributed by atoms with Crippen molar-refractivity contribution in [3.8, 4) is 0 Å². The number of benzene rings is 1. The zero-order valence-electron chi connectivity index (χ0n) is 9.79. The van der Waals surface area contributed by atoms with Gasteiger partial charge in [0, 0.05) is 11.5 Å². The van der Waals surface area contributed by atoms with Crippen LogP contribution in [0, 0.1) is 17.6 Å². The monoisotopic (exact) mass is 242 g/mol. The van der Waals surface area contributed by atoms with Crippen molar-refractivity contribution in [3.05, 3.63) is 35.4 Å². The maximum absolute atomic E-state index is 13.0. The third-order valence-corrected chi connectivity index (χ3v) is 2.88. The predicted octanol–water partition coefficient (Wildman–Crippen LogP) is 3.43. The lowest BCUT2D eigenvalue weighted by Gasteiger charge is -2.29. The van der Waals surface area contributed by atoms with E-state index in [2.05, 4.69) is 6.92 Å². The van der Waals surface area contributed by atoms with Gasteiger partial charge in [0.05, 0.1) is 13.2 Å². The summed E-state index contributed by atoms with van der Waals surface area (Å²) in [5.41, 5.74) is 0.527. The average Bonchev–Trinajstić information content (AvgIpc) is 2.34. The van der Waals surface area contributed by atoms with E-state index in [-0.39, 0.29) is 0 Å². The second-order valence-corrected chi connectivity index (χ2v) is 4.33. The first-order chi connectivity index (χ1) is 8.20. The van der Waals surface area contributed by atoms with Crippen LogP contribution in [0.4, 0.5) is 8.78 Å². The van der Waals surface area contributed by atoms with Gasteiger partial charge in [0.2, 0.25) is 0 Å². The van der Waals surface area contributed by atoms with Crippen LogP contribution in [0.15, 0.2) is 18.2 Å². The van der Waals surface area contributed by atoms with E-state index in [0.29, 0.717) is 24.7 Å². The fourth-order valence-corrected chi connectivity index (χ4v) is 1.97. The molecule has 0 unspecified atom stereocenters. The van der Waals surface area contributed by atoms with Gasteiger partial charge in [0.1, 0.15) is 0 Å². The van der Waals surface area contributed by atoms with Crippen LogP contribution in [0.3, 0.4) is 0 Å². The molecular formula is C13H16F2O2. The Morgan fingerprint density at radius 2 is 1.88 bits per heavy atom. The van der Waals surface area contributed by atoms with Crippen molar-refractivity contribution in [1.82, 2.24) is 0 Å². The maximum atomic E-state index is 13.0. The Hall–Kier alpha value is -1.00. The van der Waals surface area contributed by atoms with Gasteiger partial charge in [0.25, 0.3) is 0 Å². The van der Waals surface area contributed by atoms with Crippen LogP contribution in [-0.2, 0) is 9.47 Å². The Bertz CT molecular complexity index is 374. The molecule has 17 heavy (non-hydrogen) atoms. The first-order valence-electron chi connectivity index (χ1n) is 5.89. The largest absolute Gasteiger partial charge is 0.348 e. The van der Waals surface area contributed by atoms with Gasteiger partial charge in [-0.25, -0.2) is 8.78 Å². The van der Waals surface area contributed by atoms with Crippen molar-refractivity contribution in [2.24, 2.45) is 5.92 Å². The molecule has 0 aliphatic carbocycles. The highest BCUT2D eigenvalue weighted by Crippen LogP contribution is 2.27. The molecule has 0 atom stereocenters. The van der Waals surface area contributed by atoms with E-state index in [9.17, 15) is 8.78 Å². The molecule has 0 spiro atoms. The van der Waals surface area contributed by atoms with Gasteiger partial charge in [-0.3, -0.25) is 0 Å². The smallest absolute Gasteiger partial charge is 0.183 e. The van der Waals surface area contributed by atoms with Crippen LogP contribution in [0.25, 0.3) is 0 Å². The second-order valence-electron chi connectivity index (χ2n) is 4.33. The Morgan fingerprint density at radius 1 is 1.18 bits per heavy atom. The molecule has 0 aromatic heterocycles. The van der Waals surface area contributed by atoms with Crippen LogP contribution in [0.5, 0.6) is 0 Å². The number of rotatable bonds is 3. The number of hydrogen-bond donors (Lipinski definition) is 0. The first kappa shape index (κ1) is 12.5. The Balaban J connectivity index is 1.98. The summed E-state index contributed by atoms with van der Waals surface area (Å²) in [4.78, 5) is 0. The number of halogens is 2. The average molecular weight is 242 g/mol. The van der Waals surface area contributed by atoms with Crippen LogP contribution in [0.1, 0.15) is 31.6 Å². The molecule has 2 rings (SSSR count). The standard InChI is InChI=1S/C13H16F2O2/c1-2-3-9-7-16-13(17-8-9)10-4-5-11(14)12(15)6-10/h4-6,9,13H,2-3,7-8H2,1H3. The Kier molecular flexibility index (Phi) is 4.07. The van der Waals surface area contributed by atoms with Gasteiger partial charge in [-0.05, 0) is 18.6 Å². The molecule has 1 fully saturated rings. The van der Waals surface area contributed by atoms with Crippen molar-refractivity contribution < 1.29 is 18.3 Å². The molecule has 0 saturated carbocycles. The summed E-state index contributed by atoms with van der Waals surface area (Å²) in [6.45, 7) is 3.33. The van der Waals surface area contributed by atoms with Gasteiger partial charge in [0.15, 0.2) is 17.9 Å². The summed E-state index contributed by atoms with van der Waals surface area (Å²) in [7, 11) is 0. The normalized spacial score (nSPS) is 24.9. The van der Waals surface area contributed by atoms with E-state index < -0.39 is 17.9 Å². The van der Waals surface area contributed by atoms with E-state index in [1.165, 1.54) is 6.07 Å². The third kappa shape index (κ3) is 3.01. The molecule has 0 bridgehead atoms. The van der Waals surface area contributed by atoms with E-state index >= 15 is 0 Å². The highest BCUT2D eigenvalue weighted by Gasteiger charge is 2.23. The third-order valence-electron chi connectivity index (χ3n) is 2.88. The van der Waals surface area contributed by atoms with Crippen LogP contribution < -0.4 is 0 Å². The van der Waals surface area contributed by atoms with Crippen LogP contribution in [-0.4, -0.2) is 13.2 Å². The molecule has 1 aromatic rings. The van der Waals surface area contributed by atoms with Crippen molar-refractivity contribution >= 4 is 0 Å². The molecule has 0 amide bonds. The molecular weight excluding hydrogens is 226 g/mol. The van der Waals surface area contributed by atoms with Gasteiger partial charge in [-0.15, -0.1) is 0 Å². The maximum Gasteiger partial charge on any atom is 0.183 e. The minimum atomic E-state index is -0.870. The van der Waals surface area contributed by atoms with Crippen molar-refractivity contribution in [1.29, 1.82) is 0 Å². The van der Waals surface area contributed by atoms with Gasteiger partial charge in [-0.2, -0.15) is 0 Å². The SMILES string of the molecule is CCCC1COC(c2ccc(F)c(F)c2)OC1. The van der Waals surface area contributed by atoms with Gasteiger partial charge in [-0.1, -0.05) is 19.4 Å². The zero-order chi connectivity index (χ0) is 12.3. The topological polar surface area (TPSA) is 18.5 Å². The minimum absolute atomic E-state index is 0.404. The van der Waals surface area contributed by atoms with E-state index in [1.807, 2.05) is 0 Å². The lowest BCUT2D eigenvalue weighted by atomic mass is 10.1. The summed E-state index contributed by atoms with van der Waals surface area (Å²) in [6.07, 6.45) is 1.58. The summed E-state index contributed by atoms with van der Waals surface area (Å²) in [5.74, 6) is -1.32. The zero-order valence-corrected chi connectivity index (χ0v) is 9.79. The first-order valence-corrected chi connectivity index (χ1v) is 5.89. The second kappa shape index (κ2) is 5.56. The molecule has 1 heterocycles. The van der Waals surface area contributed by atoms with Gasteiger partial charge < -0.3 is 9.47 Å². The quantitative estimate of drug-likeness (QED) is 0.808. The Labute approximate surface area is 99.5 Å².